The standard InChI is InChI=1S/C28H38O2S4/c1-5-7-9-11-13-21-15-17-25(31-21)23-19-28(34(4)30)24(20-27(23)33(3)29)26-18-16-22(32-26)14-12-10-8-6-2/h15-20H,5-14H2,1-4H3. The third-order valence-electron chi connectivity index (χ3n) is 6.11. The lowest BCUT2D eigenvalue weighted by Gasteiger charge is -2.13. The Morgan fingerprint density at radius 1 is 0.618 bits per heavy atom. The number of benzene rings is 1. The van der Waals surface area contributed by atoms with Gasteiger partial charge in [-0.3, -0.25) is 8.42 Å². The van der Waals surface area contributed by atoms with Crippen LogP contribution in [0.25, 0.3) is 20.9 Å². The Balaban J connectivity index is 1.92. The number of hydrogen-bond donors (Lipinski definition) is 0. The van der Waals surface area contributed by atoms with Gasteiger partial charge in [0.1, 0.15) is 0 Å². The predicted octanol–water partition coefficient (Wildman–Crippen LogP) is 8.86. The fraction of sp³-hybridized carbons (Fsp3) is 0.500. The van der Waals surface area contributed by atoms with Gasteiger partial charge in [0.15, 0.2) is 0 Å². The molecule has 0 radical (unpaired) electrons. The second-order valence-corrected chi connectivity index (χ2v) is 13.9. The molecule has 0 amide bonds. The van der Waals surface area contributed by atoms with Crippen molar-refractivity contribution in [3.63, 3.8) is 0 Å². The predicted molar refractivity (Wildman–Crippen MR) is 153 cm³/mol. The highest BCUT2D eigenvalue weighted by molar-refractivity contribution is 7.85. The minimum Gasteiger partial charge on any atom is -0.255 e. The van der Waals surface area contributed by atoms with Crippen LogP contribution in [-0.4, -0.2) is 20.9 Å². The highest BCUT2D eigenvalue weighted by Crippen LogP contribution is 2.40. The maximum absolute atomic E-state index is 12.8. The third-order valence-corrected chi connectivity index (χ3v) is 10.4. The van der Waals surface area contributed by atoms with Crippen LogP contribution in [0.5, 0.6) is 0 Å². The summed E-state index contributed by atoms with van der Waals surface area (Å²) >= 11 is 3.57. The fourth-order valence-electron chi connectivity index (χ4n) is 4.19. The first-order valence-electron chi connectivity index (χ1n) is 12.5. The van der Waals surface area contributed by atoms with Gasteiger partial charge in [0.2, 0.25) is 0 Å². The summed E-state index contributed by atoms with van der Waals surface area (Å²) in [7, 11) is -2.27. The summed E-state index contributed by atoms with van der Waals surface area (Å²) < 4.78 is 25.6. The molecule has 1 aromatic carbocycles. The summed E-state index contributed by atoms with van der Waals surface area (Å²) in [6.45, 7) is 4.47. The van der Waals surface area contributed by atoms with Crippen molar-refractivity contribution >= 4 is 44.3 Å². The molecule has 0 aliphatic heterocycles. The van der Waals surface area contributed by atoms with Gasteiger partial charge in [-0.25, -0.2) is 0 Å². The van der Waals surface area contributed by atoms with Crippen molar-refractivity contribution < 1.29 is 8.42 Å². The van der Waals surface area contributed by atoms with E-state index >= 15 is 0 Å². The minimum absolute atomic E-state index is 0.835. The van der Waals surface area contributed by atoms with E-state index < -0.39 is 21.6 Å². The van der Waals surface area contributed by atoms with Gasteiger partial charge < -0.3 is 0 Å². The number of thiophene rings is 2. The van der Waals surface area contributed by atoms with E-state index in [-0.39, 0.29) is 0 Å². The van der Waals surface area contributed by atoms with E-state index in [1.165, 1.54) is 61.1 Å². The van der Waals surface area contributed by atoms with Gasteiger partial charge in [0, 0.05) is 52.9 Å². The molecule has 0 saturated heterocycles. The van der Waals surface area contributed by atoms with Crippen molar-refractivity contribution in [3.8, 4) is 20.9 Å². The summed E-state index contributed by atoms with van der Waals surface area (Å²) in [5.41, 5.74) is 1.94. The smallest absolute Gasteiger partial charge is 0.0504 e. The first-order valence-corrected chi connectivity index (χ1v) is 17.2. The molecule has 2 unspecified atom stereocenters. The van der Waals surface area contributed by atoms with Crippen molar-refractivity contribution in [2.24, 2.45) is 0 Å². The molecule has 0 spiro atoms. The van der Waals surface area contributed by atoms with E-state index in [0.717, 1.165) is 43.5 Å². The van der Waals surface area contributed by atoms with Crippen molar-refractivity contribution in [1.29, 1.82) is 0 Å². The molecule has 34 heavy (non-hydrogen) atoms. The molecule has 2 heterocycles. The molecular weight excluding hydrogens is 497 g/mol. The van der Waals surface area contributed by atoms with Crippen LogP contribution in [-0.2, 0) is 34.4 Å². The van der Waals surface area contributed by atoms with E-state index in [1.807, 2.05) is 12.1 Å². The largest absolute Gasteiger partial charge is 0.255 e. The van der Waals surface area contributed by atoms with Crippen LogP contribution in [0.2, 0.25) is 0 Å². The highest BCUT2D eigenvalue weighted by atomic mass is 32.2. The van der Waals surface area contributed by atoms with Crippen LogP contribution in [0.3, 0.4) is 0 Å². The maximum atomic E-state index is 12.8. The average Bonchev–Trinajstić information content (AvgIpc) is 3.48. The van der Waals surface area contributed by atoms with Crippen LogP contribution >= 0.6 is 22.7 Å². The molecule has 0 N–H and O–H groups in total. The number of unbranched alkanes of at least 4 members (excludes halogenated alkanes) is 6. The van der Waals surface area contributed by atoms with Gasteiger partial charge in [0.05, 0.1) is 21.6 Å². The first-order chi connectivity index (χ1) is 16.4. The topological polar surface area (TPSA) is 34.1 Å². The molecule has 2 nitrogen and oxygen atoms in total. The Hall–Kier alpha value is -1.08. The molecule has 0 aliphatic rings. The van der Waals surface area contributed by atoms with E-state index in [1.54, 1.807) is 35.2 Å². The average molecular weight is 535 g/mol. The molecule has 2 aromatic heterocycles. The summed E-state index contributed by atoms with van der Waals surface area (Å²) in [5, 5.41) is 0. The van der Waals surface area contributed by atoms with Crippen molar-refractivity contribution in [1.82, 2.24) is 0 Å². The Bertz CT molecular complexity index is 1020. The van der Waals surface area contributed by atoms with Crippen LogP contribution < -0.4 is 0 Å². The molecule has 6 heteroatoms. The fourth-order valence-corrected chi connectivity index (χ4v) is 8.00. The zero-order chi connectivity index (χ0) is 24.5. The SMILES string of the molecule is CCCCCCc1ccc(-c2cc(S(C)=O)c(-c3ccc(CCCCCC)s3)cc2S(C)=O)s1. The molecule has 186 valence electrons. The van der Waals surface area contributed by atoms with E-state index in [9.17, 15) is 8.42 Å². The summed E-state index contributed by atoms with van der Waals surface area (Å²) in [5.74, 6) is 0. The van der Waals surface area contributed by atoms with E-state index in [2.05, 4.69) is 38.1 Å². The Morgan fingerprint density at radius 2 is 1.03 bits per heavy atom. The van der Waals surface area contributed by atoms with Crippen LogP contribution in [0.1, 0.15) is 75.0 Å². The Labute approximate surface area is 219 Å². The van der Waals surface area contributed by atoms with E-state index in [4.69, 9.17) is 0 Å². The number of aryl methyl sites for hydroxylation is 2. The van der Waals surface area contributed by atoms with Crippen molar-refractivity contribution in [3.05, 3.63) is 46.2 Å². The summed E-state index contributed by atoms with van der Waals surface area (Å²) in [6.07, 6.45) is 15.7. The molecular formula is C28H38O2S4. The molecule has 0 fully saturated rings. The Kier molecular flexibility index (Phi) is 11.2. The lowest BCUT2D eigenvalue weighted by atomic mass is 10.1. The van der Waals surface area contributed by atoms with Gasteiger partial charge in [-0.15, -0.1) is 22.7 Å². The van der Waals surface area contributed by atoms with E-state index in [0.29, 0.717) is 0 Å². The summed E-state index contributed by atoms with van der Waals surface area (Å²) in [4.78, 5) is 6.65. The molecule has 0 saturated carbocycles. The normalized spacial score (nSPS) is 13.3. The van der Waals surface area contributed by atoms with Gasteiger partial charge >= 0.3 is 0 Å². The van der Waals surface area contributed by atoms with Crippen LogP contribution in [0, 0.1) is 0 Å². The number of hydrogen-bond acceptors (Lipinski definition) is 4. The Morgan fingerprint density at radius 3 is 1.38 bits per heavy atom. The first kappa shape index (κ1) is 27.5. The van der Waals surface area contributed by atoms with Crippen molar-refractivity contribution in [2.45, 2.75) is 87.8 Å². The number of rotatable bonds is 14. The third kappa shape index (κ3) is 7.46. The molecule has 3 rings (SSSR count). The maximum Gasteiger partial charge on any atom is 0.0504 e. The lowest BCUT2D eigenvalue weighted by molar-refractivity contribution is 0.670. The summed E-state index contributed by atoms with van der Waals surface area (Å²) in [6, 6.07) is 12.8. The lowest BCUT2D eigenvalue weighted by Crippen LogP contribution is -1.98. The molecule has 3 aromatic rings. The minimum atomic E-state index is -1.13. The van der Waals surface area contributed by atoms with Crippen LogP contribution in [0.15, 0.2) is 46.2 Å². The van der Waals surface area contributed by atoms with Gasteiger partial charge in [-0.2, -0.15) is 0 Å². The quantitative estimate of drug-likeness (QED) is 0.194. The monoisotopic (exact) mass is 534 g/mol. The molecule has 0 aliphatic carbocycles. The highest BCUT2D eigenvalue weighted by Gasteiger charge is 2.19. The van der Waals surface area contributed by atoms with Gasteiger partial charge in [-0.1, -0.05) is 52.4 Å². The van der Waals surface area contributed by atoms with Gasteiger partial charge in [-0.05, 0) is 62.1 Å². The molecule has 2 atom stereocenters. The zero-order valence-corrected chi connectivity index (χ0v) is 24.3. The van der Waals surface area contributed by atoms with Gasteiger partial charge in [0.25, 0.3) is 0 Å². The second kappa shape index (κ2) is 13.9. The van der Waals surface area contributed by atoms with Crippen molar-refractivity contribution in [2.75, 3.05) is 12.5 Å². The van der Waals surface area contributed by atoms with Crippen LogP contribution in [0.4, 0.5) is 0 Å². The zero-order valence-electron chi connectivity index (χ0n) is 21.0. The second-order valence-electron chi connectivity index (χ2n) is 8.91. The molecule has 0 bridgehead atoms.